The second-order valence-electron chi connectivity index (χ2n) is 3.35. The van der Waals surface area contributed by atoms with E-state index in [0.29, 0.717) is 12.8 Å². The highest BCUT2D eigenvalue weighted by Crippen LogP contribution is 2.09. The van der Waals surface area contributed by atoms with E-state index in [0.717, 1.165) is 5.56 Å². The lowest BCUT2D eigenvalue weighted by molar-refractivity contribution is 0.466. The highest BCUT2D eigenvalue weighted by Gasteiger charge is 2.16. The normalized spacial score (nSPS) is 13.9. The summed E-state index contributed by atoms with van der Waals surface area (Å²) in [6.45, 7) is 1.51. The van der Waals surface area contributed by atoms with Crippen molar-refractivity contribution >= 4 is 10.1 Å². The molecule has 1 atom stereocenters. The molecule has 1 N–H and O–H groups in total. The van der Waals surface area contributed by atoms with Crippen LogP contribution < -0.4 is 0 Å². The van der Waals surface area contributed by atoms with Crippen LogP contribution in [0.25, 0.3) is 0 Å². The first-order chi connectivity index (χ1) is 6.50. The summed E-state index contributed by atoms with van der Waals surface area (Å²) in [4.78, 5) is 0. The fourth-order valence-electron chi connectivity index (χ4n) is 1.16. The van der Waals surface area contributed by atoms with Crippen LogP contribution >= 0.6 is 0 Å². The van der Waals surface area contributed by atoms with E-state index < -0.39 is 15.4 Å². The third-order valence-electron chi connectivity index (χ3n) is 2.19. The van der Waals surface area contributed by atoms with Crippen molar-refractivity contribution < 1.29 is 13.0 Å². The Morgan fingerprint density at radius 1 is 1.29 bits per heavy atom. The van der Waals surface area contributed by atoms with Crippen LogP contribution in [0.1, 0.15) is 18.9 Å². The maximum absolute atomic E-state index is 10.7. The van der Waals surface area contributed by atoms with Gasteiger partial charge < -0.3 is 0 Å². The molecule has 1 aromatic carbocycles. The van der Waals surface area contributed by atoms with Crippen LogP contribution in [0, 0.1) is 0 Å². The predicted molar refractivity (Wildman–Crippen MR) is 55.8 cm³/mol. The average Bonchev–Trinajstić information content (AvgIpc) is 2.14. The maximum Gasteiger partial charge on any atom is 0.267 e. The van der Waals surface area contributed by atoms with E-state index in [9.17, 15) is 8.42 Å². The summed E-state index contributed by atoms with van der Waals surface area (Å²) in [5, 5.41) is -0.692. The summed E-state index contributed by atoms with van der Waals surface area (Å²) >= 11 is 0. The van der Waals surface area contributed by atoms with E-state index in [1.54, 1.807) is 0 Å². The SMILES string of the molecule is CC(CCc1ccccc1)S(=O)(=O)O. The Hall–Kier alpha value is -0.870. The van der Waals surface area contributed by atoms with Crippen molar-refractivity contribution in [2.24, 2.45) is 0 Å². The van der Waals surface area contributed by atoms with E-state index in [4.69, 9.17) is 4.55 Å². The molecule has 0 fully saturated rings. The molecule has 78 valence electrons. The molecule has 0 saturated heterocycles. The highest BCUT2D eigenvalue weighted by molar-refractivity contribution is 7.86. The van der Waals surface area contributed by atoms with Gasteiger partial charge in [-0.25, -0.2) is 0 Å². The molecule has 4 heteroatoms. The molecule has 0 bridgehead atoms. The lowest BCUT2D eigenvalue weighted by Gasteiger charge is -2.07. The van der Waals surface area contributed by atoms with Crippen molar-refractivity contribution in [2.75, 3.05) is 0 Å². The van der Waals surface area contributed by atoms with Gasteiger partial charge in [0.15, 0.2) is 0 Å². The smallest absolute Gasteiger partial charge is 0.267 e. The lowest BCUT2D eigenvalue weighted by Crippen LogP contribution is -2.17. The van der Waals surface area contributed by atoms with Crippen LogP contribution in [-0.2, 0) is 16.5 Å². The van der Waals surface area contributed by atoms with Gasteiger partial charge in [-0.05, 0) is 25.3 Å². The van der Waals surface area contributed by atoms with Gasteiger partial charge in [-0.3, -0.25) is 4.55 Å². The van der Waals surface area contributed by atoms with Gasteiger partial charge in [0.05, 0.1) is 5.25 Å². The summed E-state index contributed by atoms with van der Waals surface area (Å²) in [7, 11) is -3.87. The third-order valence-corrected chi connectivity index (χ3v) is 3.44. The Balaban J connectivity index is 2.50. The number of hydrogen-bond donors (Lipinski definition) is 1. The first kappa shape index (κ1) is 11.2. The molecular weight excluding hydrogens is 200 g/mol. The number of aryl methyl sites for hydroxylation is 1. The van der Waals surface area contributed by atoms with Gasteiger partial charge in [0, 0.05) is 0 Å². The van der Waals surface area contributed by atoms with Crippen LogP contribution in [0.4, 0.5) is 0 Å². The van der Waals surface area contributed by atoms with E-state index in [2.05, 4.69) is 0 Å². The minimum Gasteiger partial charge on any atom is -0.285 e. The van der Waals surface area contributed by atoms with Crippen LogP contribution in [0.3, 0.4) is 0 Å². The molecule has 0 aromatic heterocycles. The van der Waals surface area contributed by atoms with E-state index >= 15 is 0 Å². The van der Waals surface area contributed by atoms with Crippen molar-refractivity contribution in [3.05, 3.63) is 35.9 Å². The average molecular weight is 214 g/mol. The standard InChI is InChI=1S/C10H14O3S/c1-9(14(11,12)13)7-8-10-5-3-2-4-6-10/h2-6,9H,7-8H2,1H3,(H,11,12,13). The summed E-state index contributed by atoms with van der Waals surface area (Å²) < 4.78 is 30.2. The Morgan fingerprint density at radius 3 is 2.36 bits per heavy atom. The summed E-state index contributed by atoms with van der Waals surface area (Å²) in [6.07, 6.45) is 1.12. The fourth-order valence-corrected chi connectivity index (χ4v) is 1.58. The number of rotatable bonds is 4. The molecule has 1 aromatic rings. The molecule has 0 aliphatic rings. The Morgan fingerprint density at radius 2 is 1.86 bits per heavy atom. The van der Waals surface area contributed by atoms with E-state index in [1.807, 2.05) is 30.3 Å². The van der Waals surface area contributed by atoms with Crippen molar-refractivity contribution in [1.82, 2.24) is 0 Å². The van der Waals surface area contributed by atoms with E-state index in [-0.39, 0.29) is 0 Å². The number of hydrogen-bond acceptors (Lipinski definition) is 2. The van der Waals surface area contributed by atoms with Gasteiger partial charge in [-0.1, -0.05) is 30.3 Å². The van der Waals surface area contributed by atoms with Crippen LogP contribution in [0.2, 0.25) is 0 Å². The molecule has 1 rings (SSSR count). The fraction of sp³-hybridized carbons (Fsp3) is 0.400. The van der Waals surface area contributed by atoms with E-state index in [1.165, 1.54) is 6.92 Å². The molecule has 0 spiro atoms. The molecule has 14 heavy (non-hydrogen) atoms. The van der Waals surface area contributed by atoms with Gasteiger partial charge in [-0.2, -0.15) is 8.42 Å². The quantitative estimate of drug-likeness (QED) is 0.779. The minimum atomic E-state index is -3.87. The molecule has 0 saturated carbocycles. The Bertz CT molecular complexity index is 370. The third kappa shape index (κ3) is 3.47. The first-order valence-electron chi connectivity index (χ1n) is 4.50. The summed E-state index contributed by atoms with van der Waals surface area (Å²) in [5.41, 5.74) is 1.09. The molecule has 0 amide bonds. The Kier molecular flexibility index (Phi) is 3.66. The van der Waals surface area contributed by atoms with Gasteiger partial charge in [0.25, 0.3) is 10.1 Å². The van der Waals surface area contributed by atoms with Gasteiger partial charge >= 0.3 is 0 Å². The molecule has 3 nitrogen and oxygen atoms in total. The lowest BCUT2D eigenvalue weighted by atomic mass is 10.1. The second kappa shape index (κ2) is 4.57. The van der Waals surface area contributed by atoms with Crippen molar-refractivity contribution in [1.29, 1.82) is 0 Å². The van der Waals surface area contributed by atoms with Crippen molar-refractivity contribution in [3.63, 3.8) is 0 Å². The summed E-state index contributed by atoms with van der Waals surface area (Å²) in [5.74, 6) is 0. The largest absolute Gasteiger partial charge is 0.285 e. The number of benzene rings is 1. The molecule has 1 unspecified atom stereocenters. The first-order valence-corrected chi connectivity index (χ1v) is 6.00. The molecule has 0 heterocycles. The van der Waals surface area contributed by atoms with Gasteiger partial charge in [0.1, 0.15) is 0 Å². The molecule has 0 radical (unpaired) electrons. The highest BCUT2D eigenvalue weighted by atomic mass is 32.2. The van der Waals surface area contributed by atoms with Crippen LogP contribution in [0.15, 0.2) is 30.3 Å². The summed E-state index contributed by atoms with van der Waals surface area (Å²) in [6, 6.07) is 9.62. The second-order valence-corrected chi connectivity index (χ2v) is 5.18. The Labute approximate surface area is 84.5 Å². The molecule has 0 aliphatic heterocycles. The minimum absolute atomic E-state index is 0.447. The van der Waals surface area contributed by atoms with Gasteiger partial charge in [0.2, 0.25) is 0 Å². The molecule has 0 aliphatic carbocycles. The zero-order valence-electron chi connectivity index (χ0n) is 8.05. The van der Waals surface area contributed by atoms with Crippen molar-refractivity contribution in [2.45, 2.75) is 25.0 Å². The van der Waals surface area contributed by atoms with Crippen molar-refractivity contribution in [3.8, 4) is 0 Å². The zero-order chi connectivity index (χ0) is 10.6. The zero-order valence-corrected chi connectivity index (χ0v) is 8.87. The van der Waals surface area contributed by atoms with Crippen LogP contribution in [-0.4, -0.2) is 18.2 Å². The van der Waals surface area contributed by atoms with Gasteiger partial charge in [-0.15, -0.1) is 0 Å². The maximum atomic E-state index is 10.7. The predicted octanol–water partition coefficient (Wildman–Crippen LogP) is 1.90. The monoisotopic (exact) mass is 214 g/mol. The topological polar surface area (TPSA) is 54.4 Å². The molecular formula is C10H14O3S. The van der Waals surface area contributed by atoms with Crippen LogP contribution in [0.5, 0.6) is 0 Å².